The summed E-state index contributed by atoms with van der Waals surface area (Å²) >= 11 is 5.78. The third-order valence-corrected chi connectivity index (χ3v) is 2.41. The number of hydrogen-bond acceptors (Lipinski definition) is 3. The normalized spacial score (nSPS) is 10.3. The number of aldehydes is 1. The van der Waals surface area contributed by atoms with Crippen molar-refractivity contribution in [2.75, 3.05) is 0 Å². The van der Waals surface area contributed by atoms with Crippen LogP contribution in [0.3, 0.4) is 0 Å². The van der Waals surface area contributed by atoms with Crippen molar-refractivity contribution in [3.8, 4) is 11.5 Å². The average molecular weight is 236 g/mol. The third-order valence-electron chi connectivity index (χ3n) is 2.15. The molecule has 0 saturated carbocycles. The molecule has 4 heteroatoms. The van der Waals surface area contributed by atoms with Gasteiger partial charge in [0.25, 0.3) is 0 Å². The lowest BCUT2D eigenvalue weighted by atomic mass is 10.2. The summed E-state index contributed by atoms with van der Waals surface area (Å²) < 4.78 is 5.50. The van der Waals surface area contributed by atoms with Gasteiger partial charge in [0.05, 0.1) is 6.20 Å². The molecule has 1 heterocycles. The van der Waals surface area contributed by atoms with Gasteiger partial charge in [0.2, 0.25) is 5.89 Å². The summed E-state index contributed by atoms with van der Waals surface area (Å²) in [5.41, 5.74) is 0.877. The van der Waals surface area contributed by atoms with Gasteiger partial charge in [-0.25, -0.2) is 4.98 Å². The third kappa shape index (κ3) is 2.49. The van der Waals surface area contributed by atoms with Crippen LogP contribution in [0.5, 0.6) is 0 Å². The van der Waals surface area contributed by atoms with Crippen LogP contribution < -0.4 is 0 Å². The van der Waals surface area contributed by atoms with Crippen molar-refractivity contribution < 1.29 is 9.21 Å². The number of hydrogen-bond donors (Lipinski definition) is 0. The van der Waals surface area contributed by atoms with Gasteiger partial charge in [-0.3, -0.25) is 0 Å². The maximum absolute atomic E-state index is 10.2. The second-order valence-corrected chi connectivity index (χ2v) is 3.78. The van der Waals surface area contributed by atoms with Gasteiger partial charge in [0.1, 0.15) is 12.0 Å². The smallest absolute Gasteiger partial charge is 0.226 e. The predicted octanol–water partition coefficient (Wildman–Crippen LogP) is 3.13. The Bertz CT molecular complexity index is 476. The van der Waals surface area contributed by atoms with E-state index in [9.17, 15) is 4.79 Å². The summed E-state index contributed by atoms with van der Waals surface area (Å²) in [6, 6.07) is 7.26. The van der Waals surface area contributed by atoms with Crippen LogP contribution in [0.1, 0.15) is 12.2 Å². The standard InChI is InChI=1S/C12H10ClNO2/c13-10-5-3-9(4-6-10)12-14-8-11(16-12)2-1-7-15/h3-8H,1-2H2. The van der Waals surface area contributed by atoms with E-state index in [1.165, 1.54) is 0 Å². The Morgan fingerprint density at radius 1 is 1.31 bits per heavy atom. The highest BCUT2D eigenvalue weighted by Crippen LogP contribution is 2.21. The van der Waals surface area contributed by atoms with Crippen molar-refractivity contribution in [2.24, 2.45) is 0 Å². The monoisotopic (exact) mass is 235 g/mol. The van der Waals surface area contributed by atoms with Gasteiger partial charge in [0.15, 0.2) is 0 Å². The summed E-state index contributed by atoms with van der Waals surface area (Å²) in [6.45, 7) is 0. The molecule has 2 aromatic rings. The van der Waals surface area contributed by atoms with Gasteiger partial charge >= 0.3 is 0 Å². The molecule has 0 aliphatic rings. The lowest BCUT2D eigenvalue weighted by Gasteiger charge is -1.95. The molecule has 0 radical (unpaired) electrons. The van der Waals surface area contributed by atoms with E-state index in [-0.39, 0.29) is 0 Å². The molecule has 1 aromatic heterocycles. The summed E-state index contributed by atoms with van der Waals surface area (Å²) in [6.07, 6.45) is 3.55. The zero-order valence-electron chi connectivity index (χ0n) is 8.52. The van der Waals surface area contributed by atoms with Crippen LogP contribution in [0.2, 0.25) is 5.02 Å². The second-order valence-electron chi connectivity index (χ2n) is 3.34. The predicted molar refractivity (Wildman–Crippen MR) is 61.3 cm³/mol. The number of benzene rings is 1. The van der Waals surface area contributed by atoms with Crippen molar-refractivity contribution in [3.63, 3.8) is 0 Å². The Morgan fingerprint density at radius 2 is 2.06 bits per heavy atom. The first-order valence-electron chi connectivity index (χ1n) is 4.94. The van der Waals surface area contributed by atoms with E-state index in [1.54, 1.807) is 18.3 Å². The summed E-state index contributed by atoms with van der Waals surface area (Å²) in [4.78, 5) is 14.4. The molecule has 0 aliphatic heterocycles. The fourth-order valence-electron chi connectivity index (χ4n) is 1.35. The molecule has 82 valence electrons. The molecule has 3 nitrogen and oxygen atoms in total. The van der Waals surface area contributed by atoms with E-state index in [0.29, 0.717) is 23.8 Å². The first kappa shape index (κ1) is 10.9. The van der Waals surface area contributed by atoms with E-state index < -0.39 is 0 Å². The van der Waals surface area contributed by atoms with Crippen LogP contribution in [-0.4, -0.2) is 11.3 Å². The quantitative estimate of drug-likeness (QED) is 0.765. The molecular weight excluding hydrogens is 226 g/mol. The second kappa shape index (κ2) is 4.94. The molecular formula is C12H10ClNO2. The van der Waals surface area contributed by atoms with Crippen LogP contribution in [0, 0.1) is 0 Å². The van der Waals surface area contributed by atoms with Gasteiger partial charge in [-0.2, -0.15) is 0 Å². The van der Waals surface area contributed by atoms with Crippen molar-refractivity contribution in [2.45, 2.75) is 12.8 Å². The van der Waals surface area contributed by atoms with Crippen molar-refractivity contribution >= 4 is 17.9 Å². The molecule has 0 amide bonds. The van der Waals surface area contributed by atoms with Crippen molar-refractivity contribution in [1.82, 2.24) is 4.98 Å². The van der Waals surface area contributed by atoms with Gasteiger partial charge in [-0.15, -0.1) is 0 Å². The zero-order chi connectivity index (χ0) is 11.4. The van der Waals surface area contributed by atoms with Gasteiger partial charge in [-0.1, -0.05) is 11.6 Å². The molecule has 1 aromatic carbocycles. The number of nitrogens with zero attached hydrogens (tertiary/aromatic N) is 1. The minimum absolute atomic E-state index is 0.454. The summed E-state index contributed by atoms with van der Waals surface area (Å²) in [5, 5.41) is 0.677. The lowest BCUT2D eigenvalue weighted by molar-refractivity contribution is -0.107. The molecule has 0 N–H and O–H groups in total. The molecule has 0 bridgehead atoms. The van der Waals surface area contributed by atoms with Crippen molar-refractivity contribution in [3.05, 3.63) is 41.2 Å². The molecule has 16 heavy (non-hydrogen) atoms. The summed E-state index contributed by atoms with van der Waals surface area (Å²) in [5.74, 6) is 1.27. The number of aromatic nitrogens is 1. The highest BCUT2D eigenvalue weighted by molar-refractivity contribution is 6.30. The number of carbonyl (C=O) groups excluding carboxylic acids is 1. The maximum Gasteiger partial charge on any atom is 0.226 e. The molecule has 0 atom stereocenters. The number of rotatable bonds is 4. The number of carbonyl (C=O) groups is 1. The zero-order valence-corrected chi connectivity index (χ0v) is 9.28. The topological polar surface area (TPSA) is 43.1 Å². The van der Waals surface area contributed by atoms with E-state index in [0.717, 1.165) is 17.6 Å². The van der Waals surface area contributed by atoms with E-state index >= 15 is 0 Å². The van der Waals surface area contributed by atoms with Crippen molar-refractivity contribution in [1.29, 1.82) is 0 Å². The largest absolute Gasteiger partial charge is 0.441 e. The Hall–Kier alpha value is -1.61. The van der Waals surface area contributed by atoms with Crippen LogP contribution in [0.15, 0.2) is 34.9 Å². The first-order valence-corrected chi connectivity index (χ1v) is 5.31. The number of aryl methyl sites for hydroxylation is 1. The number of oxazole rings is 1. The van der Waals surface area contributed by atoms with Crippen LogP contribution in [0.25, 0.3) is 11.5 Å². The SMILES string of the molecule is O=CCCc1cnc(-c2ccc(Cl)cc2)o1. The van der Waals surface area contributed by atoms with Crippen LogP contribution in [0.4, 0.5) is 0 Å². The van der Waals surface area contributed by atoms with Gasteiger partial charge in [-0.05, 0) is 24.3 Å². The molecule has 0 saturated heterocycles. The fraction of sp³-hybridized carbons (Fsp3) is 0.167. The van der Waals surface area contributed by atoms with Crippen LogP contribution >= 0.6 is 11.6 Å². The molecule has 0 spiro atoms. The average Bonchev–Trinajstić information content (AvgIpc) is 2.76. The highest BCUT2D eigenvalue weighted by atomic mass is 35.5. The fourth-order valence-corrected chi connectivity index (χ4v) is 1.48. The summed E-state index contributed by atoms with van der Waals surface area (Å²) in [7, 11) is 0. The molecule has 0 aliphatic carbocycles. The minimum atomic E-state index is 0.454. The van der Waals surface area contributed by atoms with Gasteiger partial charge < -0.3 is 9.21 Å². The Labute approximate surface area is 98.1 Å². The Kier molecular flexibility index (Phi) is 3.37. The number of halogens is 1. The Morgan fingerprint density at radius 3 is 2.75 bits per heavy atom. The van der Waals surface area contributed by atoms with E-state index in [4.69, 9.17) is 16.0 Å². The van der Waals surface area contributed by atoms with E-state index in [2.05, 4.69) is 4.98 Å². The molecule has 2 rings (SSSR count). The maximum atomic E-state index is 10.2. The van der Waals surface area contributed by atoms with Gasteiger partial charge in [0, 0.05) is 23.4 Å². The molecule has 0 unspecified atom stereocenters. The first-order chi connectivity index (χ1) is 7.79. The minimum Gasteiger partial charge on any atom is -0.441 e. The lowest BCUT2D eigenvalue weighted by Crippen LogP contribution is -1.81. The Balaban J connectivity index is 2.17. The van der Waals surface area contributed by atoms with Crippen LogP contribution in [-0.2, 0) is 11.2 Å². The molecule has 0 fully saturated rings. The highest BCUT2D eigenvalue weighted by Gasteiger charge is 2.05. The van der Waals surface area contributed by atoms with E-state index in [1.807, 2.05) is 12.1 Å².